The van der Waals surface area contributed by atoms with Gasteiger partial charge in [0.05, 0.1) is 4.47 Å². The van der Waals surface area contributed by atoms with Crippen LogP contribution in [-0.4, -0.2) is 5.78 Å². The van der Waals surface area contributed by atoms with E-state index >= 15 is 0 Å². The quantitative estimate of drug-likeness (QED) is 0.696. The topological polar surface area (TPSA) is 17.1 Å². The molecule has 1 aliphatic carbocycles. The maximum absolute atomic E-state index is 13.2. The Bertz CT molecular complexity index is 424. The third-order valence-electron chi connectivity index (χ3n) is 2.64. The van der Waals surface area contributed by atoms with Gasteiger partial charge in [-0.05, 0) is 40.0 Å². The van der Waals surface area contributed by atoms with Crippen molar-refractivity contribution in [3.8, 4) is 0 Å². The van der Waals surface area contributed by atoms with Gasteiger partial charge in [0.1, 0.15) is 5.82 Å². The molecule has 0 unspecified atom stereocenters. The lowest BCUT2D eigenvalue weighted by Crippen LogP contribution is -2.18. The van der Waals surface area contributed by atoms with Gasteiger partial charge in [-0.3, -0.25) is 4.79 Å². The maximum Gasteiger partial charge on any atom is 0.169 e. The summed E-state index contributed by atoms with van der Waals surface area (Å²) >= 11 is 3.12. The minimum absolute atomic E-state index is 0.0406. The van der Waals surface area contributed by atoms with Crippen LogP contribution < -0.4 is 0 Å². The molecule has 0 saturated carbocycles. The van der Waals surface area contributed by atoms with Gasteiger partial charge in [-0.25, -0.2) is 4.39 Å². The number of carbonyl (C=O) groups is 1. The van der Waals surface area contributed by atoms with E-state index in [1.165, 1.54) is 6.07 Å². The molecule has 1 aromatic carbocycles. The summed E-state index contributed by atoms with van der Waals surface area (Å²) < 4.78 is 13.6. The van der Waals surface area contributed by atoms with Crippen LogP contribution >= 0.6 is 15.9 Å². The molecule has 1 nitrogen and oxygen atoms in total. The summed E-state index contributed by atoms with van der Waals surface area (Å²) in [6, 6.07) is 3.04. The highest BCUT2D eigenvalue weighted by atomic mass is 79.9. The van der Waals surface area contributed by atoms with Gasteiger partial charge >= 0.3 is 0 Å². The summed E-state index contributed by atoms with van der Waals surface area (Å²) in [7, 11) is 0. The first-order chi connectivity index (χ1) is 6.42. The third kappa shape index (κ3) is 1.31. The third-order valence-corrected chi connectivity index (χ3v) is 3.25. The second kappa shape index (κ2) is 2.89. The lowest BCUT2D eigenvalue weighted by molar-refractivity contribution is 0.0863. The molecular weight excluding hydrogens is 247 g/mol. The van der Waals surface area contributed by atoms with E-state index in [4.69, 9.17) is 0 Å². The zero-order chi connectivity index (χ0) is 10.5. The number of halogens is 2. The van der Waals surface area contributed by atoms with Gasteiger partial charge in [-0.15, -0.1) is 0 Å². The first-order valence-electron chi connectivity index (χ1n) is 4.44. The van der Waals surface area contributed by atoms with Crippen LogP contribution in [0.5, 0.6) is 0 Å². The Morgan fingerprint density at radius 3 is 2.71 bits per heavy atom. The Morgan fingerprint density at radius 1 is 1.43 bits per heavy atom. The van der Waals surface area contributed by atoms with Crippen LogP contribution in [0, 0.1) is 11.2 Å². The molecule has 0 spiro atoms. The van der Waals surface area contributed by atoms with Crippen molar-refractivity contribution in [3.63, 3.8) is 0 Å². The number of hydrogen-bond donors (Lipinski definition) is 0. The van der Waals surface area contributed by atoms with Gasteiger partial charge in [0.15, 0.2) is 5.78 Å². The molecule has 0 N–H and O–H groups in total. The zero-order valence-electron chi connectivity index (χ0n) is 8.03. The lowest BCUT2D eigenvalue weighted by Gasteiger charge is -2.12. The molecule has 0 radical (unpaired) electrons. The van der Waals surface area contributed by atoms with E-state index < -0.39 is 0 Å². The number of ketones is 1. The van der Waals surface area contributed by atoms with E-state index in [-0.39, 0.29) is 17.0 Å². The molecular formula is C11H10BrFO. The predicted molar refractivity (Wildman–Crippen MR) is 55.9 cm³/mol. The molecule has 1 aromatic rings. The standard InChI is InChI=1S/C11H10BrFO/c1-11(2)5-6-3-8(12)9(13)4-7(6)10(11)14/h3-4H,5H2,1-2H3. The molecule has 0 amide bonds. The Hall–Kier alpha value is -0.700. The monoisotopic (exact) mass is 256 g/mol. The summed E-state index contributed by atoms with van der Waals surface area (Å²) in [5, 5.41) is 0. The molecule has 14 heavy (non-hydrogen) atoms. The van der Waals surface area contributed by atoms with Crippen molar-refractivity contribution in [1.82, 2.24) is 0 Å². The van der Waals surface area contributed by atoms with E-state index in [1.807, 2.05) is 13.8 Å². The molecule has 0 saturated heterocycles. The van der Waals surface area contributed by atoms with Crippen LogP contribution in [-0.2, 0) is 6.42 Å². The van der Waals surface area contributed by atoms with Gasteiger partial charge in [0.2, 0.25) is 0 Å². The fraction of sp³-hybridized carbons (Fsp3) is 0.364. The van der Waals surface area contributed by atoms with Crippen molar-refractivity contribution < 1.29 is 9.18 Å². The van der Waals surface area contributed by atoms with Gasteiger partial charge in [0, 0.05) is 11.0 Å². The van der Waals surface area contributed by atoms with Crippen molar-refractivity contribution in [2.75, 3.05) is 0 Å². The highest BCUT2D eigenvalue weighted by Gasteiger charge is 2.37. The minimum atomic E-state index is -0.379. The number of rotatable bonds is 0. The molecule has 0 aromatic heterocycles. The molecule has 0 bridgehead atoms. The van der Waals surface area contributed by atoms with E-state index in [2.05, 4.69) is 15.9 Å². The van der Waals surface area contributed by atoms with E-state index in [0.29, 0.717) is 16.5 Å². The molecule has 74 valence electrons. The van der Waals surface area contributed by atoms with Gasteiger partial charge in [0.25, 0.3) is 0 Å². The van der Waals surface area contributed by atoms with Crippen molar-refractivity contribution in [2.45, 2.75) is 20.3 Å². The van der Waals surface area contributed by atoms with Crippen molar-refractivity contribution in [3.05, 3.63) is 33.5 Å². The van der Waals surface area contributed by atoms with E-state index in [1.54, 1.807) is 6.07 Å². The predicted octanol–water partition coefficient (Wildman–Crippen LogP) is 3.35. The fourth-order valence-electron chi connectivity index (χ4n) is 1.87. The van der Waals surface area contributed by atoms with Crippen LogP contribution in [0.4, 0.5) is 4.39 Å². The highest BCUT2D eigenvalue weighted by molar-refractivity contribution is 9.10. The average Bonchev–Trinajstić information content (AvgIpc) is 2.28. The number of carbonyl (C=O) groups excluding carboxylic acids is 1. The first kappa shape index (κ1) is 9.84. The van der Waals surface area contributed by atoms with Crippen LogP contribution in [0.15, 0.2) is 16.6 Å². The second-order valence-electron chi connectivity index (χ2n) is 4.31. The molecule has 0 heterocycles. The van der Waals surface area contributed by atoms with Gasteiger partial charge in [-0.2, -0.15) is 0 Å². The van der Waals surface area contributed by atoms with Crippen molar-refractivity contribution >= 4 is 21.7 Å². The maximum atomic E-state index is 13.2. The van der Waals surface area contributed by atoms with Crippen LogP contribution in [0.3, 0.4) is 0 Å². The molecule has 0 atom stereocenters. The van der Waals surface area contributed by atoms with Crippen LogP contribution in [0.25, 0.3) is 0 Å². The van der Waals surface area contributed by atoms with Gasteiger partial charge < -0.3 is 0 Å². The molecule has 0 fully saturated rings. The Kier molecular flexibility index (Phi) is 2.03. The Labute approximate surface area is 90.4 Å². The summed E-state index contributed by atoms with van der Waals surface area (Å²) in [4.78, 5) is 11.8. The number of benzene rings is 1. The number of fused-ring (bicyclic) bond motifs is 1. The molecule has 3 heteroatoms. The number of hydrogen-bond acceptors (Lipinski definition) is 1. The van der Waals surface area contributed by atoms with Crippen LogP contribution in [0.2, 0.25) is 0 Å². The summed E-state index contributed by atoms with van der Waals surface area (Å²) in [6.45, 7) is 3.78. The minimum Gasteiger partial charge on any atom is -0.294 e. The SMILES string of the molecule is CC1(C)Cc2cc(Br)c(F)cc2C1=O. The summed E-state index contributed by atoms with van der Waals surface area (Å²) in [5.74, 6) is -0.325. The van der Waals surface area contributed by atoms with Crippen molar-refractivity contribution in [1.29, 1.82) is 0 Å². The smallest absolute Gasteiger partial charge is 0.169 e. The average molecular weight is 257 g/mol. The molecule has 2 rings (SSSR count). The first-order valence-corrected chi connectivity index (χ1v) is 5.24. The zero-order valence-corrected chi connectivity index (χ0v) is 9.61. The lowest BCUT2D eigenvalue weighted by atomic mass is 9.89. The largest absolute Gasteiger partial charge is 0.294 e. The Balaban J connectivity index is 2.61. The summed E-state index contributed by atoms with van der Waals surface area (Å²) in [6.07, 6.45) is 0.694. The van der Waals surface area contributed by atoms with E-state index in [9.17, 15) is 9.18 Å². The fourth-order valence-corrected chi connectivity index (χ4v) is 2.26. The van der Waals surface area contributed by atoms with Crippen LogP contribution in [0.1, 0.15) is 29.8 Å². The van der Waals surface area contributed by atoms with E-state index in [0.717, 1.165) is 5.56 Å². The second-order valence-corrected chi connectivity index (χ2v) is 5.17. The molecule has 1 aliphatic rings. The normalized spacial score (nSPS) is 18.4. The number of Topliss-reactive ketones (excluding diaryl/α,β-unsaturated/α-hetero) is 1. The Morgan fingerprint density at radius 2 is 2.07 bits per heavy atom. The van der Waals surface area contributed by atoms with Gasteiger partial charge in [-0.1, -0.05) is 13.8 Å². The van der Waals surface area contributed by atoms with Crippen molar-refractivity contribution in [2.24, 2.45) is 5.41 Å². The highest BCUT2D eigenvalue weighted by Crippen LogP contribution is 2.37. The molecule has 0 aliphatic heterocycles. The summed E-state index contributed by atoms with van der Waals surface area (Å²) in [5.41, 5.74) is 1.10.